The van der Waals surface area contributed by atoms with Crippen molar-refractivity contribution in [2.24, 2.45) is 0 Å². The molecule has 0 radical (unpaired) electrons. The topological polar surface area (TPSA) is 66.2 Å². The molecular weight excluding hydrogens is 234 g/mol. The average molecular weight is 247 g/mol. The highest BCUT2D eigenvalue weighted by molar-refractivity contribution is 5.74. The van der Waals surface area contributed by atoms with Crippen molar-refractivity contribution < 1.29 is 14.3 Å². The Morgan fingerprint density at radius 2 is 2.06 bits per heavy atom. The second kappa shape index (κ2) is 5.31. The highest BCUT2D eigenvalue weighted by Crippen LogP contribution is 2.09. The number of carbonyl (C=O) groups is 1. The standard InChI is InChI=1S/C12H13N3O3/c1-9(11(16)17-2)18-12-13-8-15(14-12)10-6-4-3-5-7-10/h3-9H,1-2H3/t9-/m0/s1. The second-order valence-electron chi connectivity index (χ2n) is 3.59. The van der Waals surface area contributed by atoms with Crippen molar-refractivity contribution in [2.45, 2.75) is 13.0 Å². The van der Waals surface area contributed by atoms with Crippen molar-refractivity contribution in [3.63, 3.8) is 0 Å². The van der Waals surface area contributed by atoms with Crippen LogP contribution in [0.25, 0.3) is 5.69 Å². The van der Waals surface area contributed by atoms with Gasteiger partial charge in [0.1, 0.15) is 6.33 Å². The number of aromatic nitrogens is 3. The Hall–Kier alpha value is -2.37. The average Bonchev–Trinajstić information content (AvgIpc) is 2.87. The first-order chi connectivity index (χ1) is 8.70. The van der Waals surface area contributed by atoms with E-state index in [2.05, 4.69) is 14.8 Å². The van der Waals surface area contributed by atoms with Crippen LogP contribution in [0, 0.1) is 0 Å². The molecule has 0 aliphatic rings. The minimum absolute atomic E-state index is 0.136. The van der Waals surface area contributed by atoms with Crippen LogP contribution in [0.4, 0.5) is 0 Å². The van der Waals surface area contributed by atoms with Crippen molar-refractivity contribution in [1.29, 1.82) is 0 Å². The Morgan fingerprint density at radius 1 is 1.33 bits per heavy atom. The van der Waals surface area contributed by atoms with Crippen LogP contribution in [0.3, 0.4) is 0 Å². The lowest BCUT2D eigenvalue weighted by atomic mass is 10.3. The Morgan fingerprint density at radius 3 is 2.72 bits per heavy atom. The van der Waals surface area contributed by atoms with Crippen LogP contribution in [-0.2, 0) is 9.53 Å². The van der Waals surface area contributed by atoms with E-state index in [1.165, 1.54) is 13.4 Å². The maximum Gasteiger partial charge on any atom is 0.346 e. The predicted molar refractivity (Wildman–Crippen MR) is 63.5 cm³/mol. The molecule has 1 heterocycles. The van der Waals surface area contributed by atoms with Gasteiger partial charge in [0, 0.05) is 0 Å². The molecule has 2 rings (SSSR count). The van der Waals surface area contributed by atoms with Gasteiger partial charge in [-0.25, -0.2) is 9.48 Å². The van der Waals surface area contributed by atoms with Crippen molar-refractivity contribution >= 4 is 5.97 Å². The van der Waals surface area contributed by atoms with Crippen molar-refractivity contribution in [3.05, 3.63) is 36.7 Å². The number of carbonyl (C=O) groups excluding carboxylic acids is 1. The van der Waals surface area contributed by atoms with Gasteiger partial charge in [-0.3, -0.25) is 0 Å². The van der Waals surface area contributed by atoms with E-state index >= 15 is 0 Å². The molecule has 1 atom stereocenters. The summed E-state index contributed by atoms with van der Waals surface area (Å²) in [5.74, 6) is -0.467. The van der Waals surface area contributed by atoms with E-state index in [4.69, 9.17) is 4.74 Å². The molecule has 18 heavy (non-hydrogen) atoms. The molecule has 0 spiro atoms. The molecule has 0 amide bonds. The summed E-state index contributed by atoms with van der Waals surface area (Å²) in [4.78, 5) is 15.2. The normalized spacial score (nSPS) is 11.9. The van der Waals surface area contributed by atoms with E-state index in [0.29, 0.717) is 0 Å². The van der Waals surface area contributed by atoms with Gasteiger partial charge in [0.05, 0.1) is 12.8 Å². The maximum absolute atomic E-state index is 11.2. The Bertz CT molecular complexity index is 524. The molecule has 0 aliphatic carbocycles. The summed E-state index contributed by atoms with van der Waals surface area (Å²) in [6.07, 6.45) is 0.788. The molecule has 6 heteroatoms. The lowest BCUT2D eigenvalue weighted by molar-refractivity contribution is -0.148. The number of hydrogen-bond donors (Lipinski definition) is 0. The van der Waals surface area contributed by atoms with Crippen molar-refractivity contribution in [1.82, 2.24) is 14.8 Å². The largest absolute Gasteiger partial charge is 0.466 e. The number of para-hydroxylation sites is 1. The molecule has 0 unspecified atom stereocenters. The Kier molecular flexibility index (Phi) is 3.57. The number of methoxy groups -OCH3 is 1. The summed E-state index contributed by atoms with van der Waals surface area (Å²) in [6, 6.07) is 9.63. The Labute approximate surface area is 104 Å². The number of rotatable bonds is 4. The smallest absolute Gasteiger partial charge is 0.346 e. The molecule has 0 fully saturated rings. The molecule has 0 N–H and O–H groups in total. The van der Waals surface area contributed by atoms with E-state index in [1.54, 1.807) is 11.6 Å². The first kappa shape index (κ1) is 12.1. The van der Waals surface area contributed by atoms with Gasteiger partial charge in [-0.1, -0.05) is 18.2 Å². The summed E-state index contributed by atoms with van der Waals surface area (Å²) in [6.45, 7) is 1.58. The van der Waals surface area contributed by atoms with Crippen LogP contribution < -0.4 is 4.74 Å². The monoisotopic (exact) mass is 247 g/mol. The zero-order chi connectivity index (χ0) is 13.0. The van der Waals surface area contributed by atoms with Gasteiger partial charge in [-0.15, -0.1) is 5.10 Å². The van der Waals surface area contributed by atoms with Crippen LogP contribution in [0.15, 0.2) is 36.7 Å². The van der Waals surface area contributed by atoms with Gasteiger partial charge >= 0.3 is 12.0 Å². The van der Waals surface area contributed by atoms with E-state index in [-0.39, 0.29) is 6.01 Å². The zero-order valence-corrected chi connectivity index (χ0v) is 10.1. The predicted octanol–water partition coefficient (Wildman–Crippen LogP) is 1.21. The number of ether oxygens (including phenoxy) is 2. The third kappa shape index (κ3) is 2.65. The highest BCUT2D eigenvalue weighted by atomic mass is 16.6. The van der Waals surface area contributed by atoms with Gasteiger partial charge in [0.15, 0.2) is 6.10 Å². The first-order valence-corrected chi connectivity index (χ1v) is 5.42. The summed E-state index contributed by atoms with van der Waals surface area (Å²) < 4.78 is 11.4. The number of hydrogen-bond acceptors (Lipinski definition) is 5. The molecule has 1 aromatic carbocycles. The second-order valence-corrected chi connectivity index (χ2v) is 3.59. The molecule has 0 saturated carbocycles. The molecule has 2 aromatic rings. The van der Waals surface area contributed by atoms with Crippen LogP contribution in [-0.4, -0.2) is 33.9 Å². The number of esters is 1. The van der Waals surface area contributed by atoms with E-state index in [1.807, 2.05) is 30.3 Å². The van der Waals surface area contributed by atoms with Crippen molar-refractivity contribution in [3.8, 4) is 11.7 Å². The number of nitrogens with zero attached hydrogens (tertiary/aromatic N) is 3. The molecule has 0 saturated heterocycles. The quantitative estimate of drug-likeness (QED) is 0.760. The third-order valence-electron chi connectivity index (χ3n) is 2.31. The SMILES string of the molecule is COC(=O)[C@H](C)Oc1ncn(-c2ccccc2)n1. The minimum Gasteiger partial charge on any atom is -0.466 e. The van der Waals surface area contributed by atoms with Crippen LogP contribution in [0.2, 0.25) is 0 Å². The molecule has 94 valence electrons. The van der Waals surface area contributed by atoms with Crippen LogP contribution in [0.5, 0.6) is 6.01 Å². The lowest BCUT2D eigenvalue weighted by Gasteiger charge is -2.08. The van der Waals surface area contributed by atoms with Gasteiger partial charge < -0.3 is 9.47 Å². The lowest BCUT2D eigenvalue weighted by Crippen LogP contribution is -2.25. The van der Waals surface area contributed by atoms with Crippen molar-refractivity contribution in [2.75, 3.05) is 7.11 Å². The summed E-state index contributed by atoms with van der Waals surface area (Å²) in [7, 11) is 1.30. The zero-order valence-electron chi connectivity index (χ0n) is 10.1. The molecule has 0 aliphatic heterocycles. The molecule has 1 aromatic heterocycles. The fourth-order valence-corrected chi connectivity index (χ4v) is 1.38. The van der Waals surface area contributed by atoms with Gasteiger partial charge in [-0.05, 0) is 19.1 Å². The molecule has 0 bridgehead atoms. The summed E-state index contributed by atoms with van der Waals surface area (Å²) in [5.41, 5.74) is 0.866. The fourth-order valence-electron chi connectivity index (χ4n) is 1.38. The highest BCUT2D eigenvalue weighted by Gasteiger charge is 2.17. The summed E-state index contributed by atoms with van der Waals surface area (Å²) in [5, 5.41) is 4.11. The van der Waals surface area contributed by atoms with Gasteiger partial charge in [0.2, 0.25) is 0 Å². The third-order valence-corrected chi connectivity index (χ3v) is 2.31. The van der Waals surface area contributed by atoms with Crippen LogP contribution >= 0.6 is 0 Å². The van der Waals surface area contributed by atoms with E-state index < -0.39 is 12.1 Å². The van der Waals surface area contributed by atoms with Gasteiger partial charge in [0.25, 0.3) is 0 Å². The number of benzene rings is 1. The molecule has 6 nitrogen and oxygen atoms in total. The van der Waals surface area contributed by atoms with E-state index in [9.17, 15) is 4.79 Å². The first-order valence-electron chi connectivity index (χ1n) is 5.42. The Balaban J connectivity index is 2.09. The summed E-state index contributed by atoms with van der Waals surface area (Å²) >= 11 is 0. The van der Waals surface area contributed by atoms with E-state index in [0.717, 1.165) is 5.69 Å². The minimum atomic E-state index is -0.735. The fraction of sp³-hybridized carbons (Fsp3) is 0.250. The molecular formula is C12H13N3O3. The van der Waals surface area contributed by atoms with Crippen LogP contribution in [0.1, 0.15) is 6.92 Å². The maximum atomic E-state index is 11.2. The van der Waals surface area contributed by atoms with Gasteiger partial charge in [-0.2, -0.15) is 4.98 Å².